The van der Waals surface area contributed by atoms with Crippen molar-refractivity contribution in [1.82, 2.24) is 10.6 Å². The van der Waals surface area contributed by atoms with Gasteiger partial charge in [0.1, 0.15) is 17.2 Å². The molecule has 3 amide bonds. The summed E-state index contributed by atoms with van der Waals surface area (Å²) in [7, 11) is 0. The van der Waals surface area contributed by atoms with Gasteiger partial charge in [-0.15, -0.1) is 0 Å². The highest BCUT2D eigenvalue weighted by Gasteiger charge is 2.34. The molecule has 28 heavy (non-hydrogen) atoms. The van der Waals surface area contributed by atoms with E-state index in [0.717, 1.165) is 35.5 Å². The molecule has 0 aliphatic carbocycles. The van der Waals surface area contributed by atoms with E-state index in [1.54, 1.807) is 6.07 Å². The highest BCUT2D eigenvalue weighted by Crippen LogP contribution is 2.31. The largest absolute Gasteiger partial charge is 0.461 e. The van der Waals surface area contributed by atoms with E-state index in [9.17, 15) is 9.59 Å². The zero-order valence-electron chi connectivity index (χ0n) is 16.8. The molecule has 152 valence electrons. The highest BCUT2D eigenvalue weighted by atomic mass is 32.2. The van der Waals surface area contributed by atoms with Crippen molar-refractivity contribution in [2.24, 2.45) is 10.1 Å². The average molecular weight is 405 g/mol. The minimum absolute atomic E-state index is 0.393. The first-order valence-electron chi connectivity index (χ1n) is 9.55. The van der Waals surface area contributed by atoms with Gasteiger partial charge in [0.2, 0.25) is 0 Å². The molecule has 0 radical (unpaired) electrons. The van der Waals surface area contributed by atoms with E-state index >= 15 is 0 Å². The van der Waals surface area contributed by atoms with Crippen LogP contribution in [-0.2, 0) is 11.2 Å². The Morgan fingerprint density at radius 1 is 1.21 bits per heavy atom. The second-order valence-electron chi connectivity index (χ2n) is 6.27. The molecule has 1 aromatic heterocycles. The third-order valence-electron chi connectivity index (χ3n) is 4.50. The van der Waals surface area contributed by atoms with E-state index in [1.807, 2.05) is 13.0 Å². The van der Waals surface area contributed by atoms with Crippen LogP contribution in [0.25, 0.3) is 0 Å². The zero-order chi connectivity index (χ0) is 20.7. The molecule has 1 aromatic rings. The van der Waals surface area contributed by atoms with E-state index < -0.39 is 18.0 Å². The number of hydrogen-bond donors (Lipinski definition) is 3. The Kier molecular flexibility index (Phi) is 8.07. The maximum absolute atomic E-state index is 11.9. The number of nitrogens with zero attached hydrogens (tertiary/aromatic N) is 1. The minimum atomic E-state index is -0.815. The summed E-state index contributed by atoms with van der Waals surface area (Å²) >= 11 is 1.26. The number of nitrogens with two attached hydrogens (primary N) is 1. The SMILES string of the molecule is CCC(=Nc1cc(C2NC(=O)NC2=O)oc1CC)/C(=C/C=C(\CC)SN)CC. The van der Waals surface area contributed by atoms with Crippen LogP contribution < -0.4 is 15.8 Å². The Morgan fingerprint density at radius 3 is 2.46 bits per heavy atom. The highest BCUT2D eigenvalue weighted by molar-refractivity contribution is 8.00. The maximum Gasteiger partial charge on any atom is 0.322 e. The standard InChI is InChI=1S/C20H28N4O3S/c1-5-12(9-10-13(6-2)28-21)14(7-3)22-15-11-17(27-16(15)8-4)18-19(25)24-20(26)23-18/h9-11,18H,5-8,21H2,1-4H3,(H2,23,24,25,26)/b12-9+,13-10+,22-14?. The fraction of sp³-hybridized carbons (Fsp3) is 0.450. The van der Waals surface area contributed by atoms with E-state index in [4.69, 9.17) is 14.5 Å². The van der Waals surface area contributed by atoms with Crippen LogP contribution in [0.3, 0.4) is 0 Å². The van der Waals surface area contributed by atoms with Crippen LogP contribution in [0.1, 0.15) is 64.5 Å². The van der Waals surface area contributed by atoms with Crippen LogP contribution in [0.15, 0.2) is 38.1 Å². The van der Waals surface area contributed by atoms with Crippen molar-refractivity contribution < 1.29 is 14.0 Å². The van der Waals surface area contributed by atoms with Crippen LogP contribution in [0, 0.1) is 0 Å². The minimum Gasteiger partial charge on any atom is -0.461 e. The number of hydrogen-bond acceptors (Lipinski definition) is 6. The number of imide groups is 1. The van der Waals surface area contributed by atoms with Crippen LogP contribution in [0.2, 0.25) is 0 Å². The number of aryl methyl sites for hydroxylation is 1. The van der Waals surface area contributed by atoms with Gasteiger partial charge in [0, 0.05) is 18.2 Å². The van der Waals surface area contributed by atoms with Gasteiger partial charge in [-0.25, -0.2) is 9.79 Å². The van der Waals surface area contributed by atoms with Gasteiger partial charge < -0.3 is 9.73 Å². The van der Waals surface area contributed by atoms with Crippen molar-refractivity contribution in [2.45, 2.75) is 59.4 Å². The van der Waals surface area contributed by atoms with Crippen molar-refractivity contribution in [3.63, 3.8) is 0 Å². The molecule has 1 aliphatic heterocycles. The molecule has 1 aliphatic rings. The number of aliphatic imine (C=N–C) groups is 1. The molecule has 1 atom stereocenters. The van der Waals surface area contributed by atoms with Gasteiger partial charge in [-0.3, -0.25) is 15.3 Å². The quantitative estimate of drug-likeness (QED) is 0.244. The van der Waals surface area contributed by atoms with Crippen molar-refractivity contribution >= 4 is 35.3 Å². The smallest absolute Gasteiger partial charge is 0.322 e. The molecule has 2 rings (SSSR count). The van der Waals surface area contributed by atoms with Crippen LogP contribution in [0.5, 0.6) is 0 Å². The number of allylic oxidation sites excluding steroid dienone is 4. The number of carbonyl (C=O) groups is 2. The molecule has 0 saturated carbocycles. The number of furan rings is 1. The number of urea groups is 1. The molecule has 1 saturated heterocycles. The monoisotopic (exact) mass is 404 g/mol. The first-order valence-corrected chi connectivity index (χ1v) is 10.4. The Labute approximate surface area is 170 Å². The molecule has 2 heterocycles. The van der Waals surface area contributed by atoms with Gasteiger partial charge in [0.05, 0.1) is 0 Å². The third-order valence-corrected chi connectivity index (χ3v) is 5.23. The van der Waals surface area contributed by atoms with E-state index in [-0.39, 0.29) is 0 Å². The maximum atomic E-state index is 11.9. The molecule has 1 unspecified atom stereocenters. The fourth-order valence-electron chi connectivity index (χ4n) is 2.92. The normalized spacial score (nSPS) is 18.5. The molecule has 8 heteroatoms. The van der Waals surface area contributed by atoms with E-state index in [2.05, 4.69) is 37.5 Å². The Morgan fingerprint density at radius 2 is 1.96 bits per heavy atom. The van der Waals surface area contributed by atoms with Crippen molar-refractivity contribution in [3.8, 4) is 0 Å². The first kappa shape index (κ1) is 22.0. The van der Waals surface area contributed by atoms with Gasteiger partial charge in [-0.05, 0) is 29.7 Å². The molecule has 0 aromatic carbocycles. The second kappa shape index (κ2) is 10.3. The van der Waals surface area contributed by atoms with Gasteiger partial charge in [-0.1, -0.05) is 51.8 Å². The van der Waals surface area contributed by atoms with Crippen molar-refractivity contribution in [1.29, 1.82) is 0 Å². The lowest BCUT2D eigenvalue weighted by molar-refractivity contribution is -0.120. The van der Waals surface area contributed by atoms with E-state index in [1.165, 1.54) is 11.9 Å². The second-order valence-corrected chi connectivity index (χ2v) is 7.03. The number of rotatable bonds is 9. The van der Waals surface area contributed by atoms with Gasteiger partial charge in [0.25, 0.3) is 5.91 Å². The van der Waals surface area contributed by atoms with Crippen LogP contribution >= 0.6 is 11.9 Å². The van der Waals surface area contributed by atoms with Gasteiger partial charge >= 0.3 is 6.03 Å². The average Bonchev–Trinajstić information content (AvgIpc) is 3.25. The Bertz CT molecular complexity index is 817. The molecular formula is C20H28N4O3S. The molecular weight excluding hydrogens is 376 g/mol. The fourth-order valence-corrected chi connectivity index (χ4v) is 3.24. The van der Waals surface area contributed by atoms with Crippen molar-refractivity contribution in [3.05, 3.63) is 40.2 Å². The Balaban J connectivity index is 2.39. The topological polar surface area (TPSA) is 110 Å². The zero-order valence-corrected chi connectivity index (χ0v) is 17.6. The van der Waals surface area contributed by atoms with Crippen LogP contribution in [-0.4, -0.2) is 17.6 Å². The van der Waals surface area contributed by atoms with Gasteiger partial charge in [-0.2, -0.15) is 0 Å². The van der Waals surface area contributed by atoms with Crippen molar-refractivity contribution in [2.75, 3.05) is 0 Å². The molecule has 7 nitrogen and oxygen atoms in total. The predicted molar refractivity (Wildman–Crippen MR) is 113 cm³/mol. The van der Waals surface area contributed by atoms with Gasteiger partial charge in [0.15, 0.2) is 6.04 Å². The summed E-state index contributed by atoms with van der Waals surface area (Å²) in [5.41, 5.74) is 2.77. The van der Waals surface area contributed by atoms with E-state index in [0.29, 0.717) is 23.6 Å². The summed E-state index contributed by atoms with van der Waals surface area (Å²) in [5, 5.41) is 10.5. The summed E-state index contributed by atoms with van der Waals surface area (Å²) in [4.78, 5) is 29.2. The first-order chi connectivity index (χ1) is 13.5. The van der Waals surface area contributed by atoms with Crippen LogP contribution in [0.4, 0.5) is 10.5 Å². The molecule has 0 spiro atoms. The Hall–Kier alpha value is -2.32. The molecule has 4 N–H and O–H groups in total. The third kappa shape index (κ3) is 5.14. The summed E-state index contributed by atoms with van der Waals surface area (Å²) in [6.45, 7) is 8.18. The summed E-state index contributed by atoms with van der Waals surface area (Å²) in [5.74, 6) is 0.662. The number of carbonyl (C=O) groups excluding carboxylic acids is 2. The predicted octanol–water partition coefficient (Wildman–Crippen LogP) is 4.44. The summed E-state index contributed by atoms with van der Waals surface area (Å²) < 4.78 is 5.82. The number of nitrogens with one attached hydrogen (secondary N) is 2. The molecule has 0 bridgehead atoms. The lowest BCUT2D eigenvalue weighted by atomic mass is 10.0. The lowest BCUT2D eigenvalue weighted by Crippen LogP contribution is -2.22. The number of amides is 3. The summed E-state index contributed by atoms with van der Waals surface area (Å²) in [6.07, 6.45) is 7.21. The lowest BCUT2D eigenvalue weighted by Gasteiger charge is -2.07. The summed E-state index contributed by atoms with van der Waals surface area (Å²) in [6, 6.07) is 0.404. The molecule has 1 fully saturated rings.